The molecular formula is C8H12N2O3. The van der Waals surface area contributed by atoms with Crippen LogP contribution in [0.2, 0.25) is 0 Å². The van der Waals surface area contributed by atoms with Crippen LogP contribution in [0.1, 0.15) is 13.8 Å². The minimum Gasteiger partial charge on any atom is -0.487 e. The highest BCUT2D eigenvalue weighted by Crippen LogP contribution is 2.18. The molecule has 0 aliphatic carbocycles. The molecule has 72 valence electrons. The fraction of sp³-hybridized carbons (Fsp3) is 0.500. The van der Waals surface area contributed by atoms with Crippen LogP contribution in [0.3, 0.4) is 0 Å². The zero-order chi connectivity index (χ0) is 9.84. The Morgan fingerprint density at radius 1 is 1.54 bits per heavy atom. The van der Waals surface area contributed by atoms with Gasteiger partial charge in [-0.3, -0.25) is 4.79 Å². The van der Waals surface area contributed by atoms with Crippen molar-refractivity contribution in [2.45, 2.75) is 20.0 Å². The van der Waals surface area contributed by atoms with E-state index in [0.717, 1.165) is 0 Å². The molecule has 1 rings (SSSR count). The molecule has 0 atom stereocenters. The van der Waals surface area contributed by atoms with E-state index in [1.807, 2.05) is 13.8 Å². The van der Waals surface area contributed by atoms with Crippen LogP contribution in [-0.2, 0) is 0 Å². The van der Waals surface area contributed by atoms with Gasteiger partial charge < -0.3 is 14.5 Å². The molecule has 1 aromatic heterocycles. The summed E-state index contributed by atoms with van der Waals surface area (Å²) >= 11 is 0. The largest absolute Gasteiger partial charge is 0.487 e. The summed E-state index contributed by atoms with van der Waals surface area (Å²) in [6.07, 6.45) is 1.24. The van der Waals surface area contributed by atoms with E-state index in [2.05, 4.69) is 9.97 Å². The minimum absolute atomic E-state index is 0.0387. The third-order valence-corrected chi connectivity index (χ3v) is 1.33. The van der Waals surface area contributed by atoms with Crippen LogP contribution in [0.5, 0.6) is 11.6 Å². The fourth-order valence-corrected chi connectivity index (χ4v) is 0.858. The molecule has 0 saturated heterocycles. The number of ether oxygens (including phenoxy) is 2. The van der Waals surface area contributed by atoms with Gasteiger partial charge in [-0.25, -0.2) is 4.98 Å². The molecule has 1 heterocycles. The molecule has 0 amide bonds. The zero-order valence-electron chi connectivity index (χ0n) is 7.83. The number of H-pyrrole nitrogens is 1. The molecule has 0 unspecified atom stereocenters. The predicted octanol–water partition coefficient (Wildman–Crippen LogP) is 0.566. The number of nitrogens with one attached hydrogen (secondary N) is 1. The summed E-state index contributed by atoms with van der Waals surface area (Å²) in [7, 11) is 1.40. The van der Waals surface area contributed by atoms with Gasteiger partial charge in [-0.15, -0.1) is 0 Å². The summed E-state index contributed by atoms with van der Waals surface area (Å²) in [5.74, 6) is 0.331. The van der Waals surface area contributed by atoms with Gasteiger partial charge in [-0.1, -0.05) is 0 Å². The Balaban J connectivity index is 3.05. The van der Waals surface area contributed by atoms with E-state index in [4.69, 9.17) is 9.47 Å². The molecule has 0 bridgehead atoms. The fourth-order valence-electron chi connectivity index (χ4n) is 0.858. The van der Waals surface area contributed by atoms with Gasteiger partial charge in [-0.2, -0.15) is 0 Å². The average Bonchev–Trinajstić information content (AvgIpc) is 2.03. The average molecular weight is 184 g/mol. The summed E-state index contributed by atoms with van der Waals surface area (Å²) in [6, 6.07) is 0. The second kappa shape index (κ2) is 3.93. The number of rotatable bonds is 3. The normalized spacial score (nSPS) is 10.2. The number of aromatic nitrogens is 2. The molecule has 0 aromatic carbocycles. The Labute approximate surface area is 75.7 Å². The molecular weight excluding hydrogens is 172 g/mol. The highest BCUT2D eigenvalue weighted by molar-refractivity contribution is 5.29. The number of hydrogen-bond donors (Lipinski definition) is 1. The van der Waals surface area contributed by atoms with Crippen molar-refractivity contribution in [3.8, 4) is 11.6 Å². The topological polar surface area (TPSA) is 64.2 Å². The van der Waals surface area contributed by atoms with E-state index in [1.165, 1.54) is 13.4 Å². The first-order valence-corrected chi connectivity index (χ1v) is 3.93. The Morgan fingerprint density at radius 3 is 2.77 bits per heavy atom. The lowest BCUT2D eigenvalue weighted by atomic mass is 10.4. The Bertz CT molecular complexity index is 332. The van der Waals surface area contributed by atoms with Crippen molar-refractivity contribution < 1.29 is 9.47 Å². The van der Waals surface area contributed by atoms with E-state index in [-0.39, 0.29) is 23.3 Å². The zero-order valence-corrected chi connectivity index (χ0v) is 7.83. The molecule has 13 heavy (non-hydrogen) atoms. The summed E-state index contributed by atoms with van der Waals surface area (Å²) in [5.41, 5.74) is -0.340. The van der Waals surface area contributed by atoms with Crippen LogP contribution in [0, 0.1) is 0 Å². The number of methoxy groups -OCH3 is 1. The van der Waals surface area contributed by atoms with Gasteiger partial charge in [0.05, 0.1) is 19.5 Å². The maximum atomic E-state index is 11.2. The SMILES string of the molecule is COc1c(OC(C)C)nc[nH]c1=O. The first kappa shape index (κ1) is 9.57. The van der Waals surface area contributed by atoms with E-state index in [1.54, 1.807) is 0 Å². The maximum absolute atomic E-state index is 11.2. The Morgan fingerprint density at radius 2 is 2.23 bits per heavy atom. The van der Waals surface area contributed by atoms with Crippen LogP contribution < -0.4 is 15.0 Å². The van der Waals surface area contributed by atoms with Gasteiger partial charge in [0, 0.05) is 0 Å². The van der Waals surface area contributed by atoms with Gasteiger partial charge in [-0.05, 0) is 13.8 Å². The van der Waals surface area contributed by atoms with Crippen molar-refractivity contribution in [1.29, 1.82) is 0 Å². The molecule has 0 fully saturated rings. The quantitative estimate of drug-likeness (QED) is 0.745. The van der Waals surface area contributed by atoms with E-state index >= 15 is 0 Å². The Kier molecular flexibility index (Phi) is 2.89. The van der Waals surface area contributed by atoms with Gasteiger partial charge >= 0.3 is 0 Å². The standard InChI is InChI=1S/C8H12N2O3/c1-5(2)13-8-6(12-3)7(11)9-4-10-8/h4-5H,1-3H3,(H,9,10,11). The van der Waals surface area contributed by atoms with Crippen LogP contribution in [-0.4, -0.2) is 23.2 Å². The van der Waals surface area contributed by atoms with Gasteiger partial charge in [0.2, 0.25) is 5.75 Å². The van der Waals surface area contributed by atoms with Crippen molar-refractivity contribution in [2.24, 2.45) is 0 Å². The van der Waals surface area contributed by atoms with E-state index in [0.29, 0.717) is 0 Å². The molecule has 0 saturated carbocycles. The predicted molar refractivity (Wildman–Crippen MR) is 47.2 cm³/mol. The molecule has 5 nitrogen and oxygen atoms in total. The lowest BCUT2D eigenvalue weighted by Crippen LogP contribution is -2.15. The van der Waals surface area contributed by atoms with Gasteiger partial charge in [0.15, 0.2) is 0 Å². The first-order valence-electron chi connectivity index (χ1n) is 3.93. The second-order valence-corrected chi connectivity index (χ2v) is 2.74. The summed E-state index contributed by atoms with van der Waals surface area (Å²) in [5, 5.41) is 0. The van der Waals surface area contributed by atoms with E-state index < -0.39 is 0 Å². The van der Waals surface area contributed by atoms with Gasteiger partial charge in [0.1, 0.15) is 0 Å². The van der Waals surface area contributed by atoms with Crippen molar-refractivity contribution in [3.63, 3.8) is 0 Å². The summed E-state index contributed by atoms with van der Waals surface area (Å²) < 4.78 is 10.1. The lowest BCUT2D eigenvalue weighted by molar-refractivity contribution is 0.218. The molecule has 1 aromatic rings. The monoisotopic (exact) mass is 184 g/mol. The molecule has 0 aliphatic rings. The molecule has 0 radical (unpaired) electrons. The second-order valence-electron chi connectivity index (χ2n) is 2.74. The van der Waals surface area contributed by atoms with Crippen LogP contribution in [0.15, 0.2) is 11.1 Å². The van der Waals surface area contributed by atoms with Crippen LogP contribution in [0.4, 0.5) is 0 Å². The highest BCUT2D eigenvalue weighted by atomic mass is 16.5. The molecule has 0 spiro atoms. The number of nitrogens with zero attached hydrogens (tertiary/aromatic N) is 1. The van der Waals surface area contributed by atoms with Crippen molar-refractivity contribution in [2.75, 3.05) is 7.11 Å². The Hall–Kier alpha value is -1.52. The third-order valence-electron chi connectivity index (χ3n) is 1.33. The lowest BCUT2D eigenvalue weighted by Gasteiger charge is -2.10. The summed E-state index contributed by atoms with van der Waals surface area (Å²) in [4.78, 5) is 17.4. The van der Waals surface area contributed by atoms with E-state index in [9.17, 15) is 4.79 Å². The van der Waals surface area contributed by atoms with Gasteiger partial charge in [0.25, 0.3) is 11.4 Å². The first-order chi connectivity index (χ1) is 6.15. The molecule has 1 N–H and O–H groups in total. The van der Waals surface area contributed by atoms with Crippen LogP contribution in [0.25, 0.3) is 0 Å². The van der Waals surface area contributed by atoms with Crippen molar-refractivity contribution >= 4 is 0 Å². The third kappa shape index (κ3) is 2.21. The van der Waals surface area contributed by atoms with Crippen LogP contribution >= 0.6 is 0 Å². The summed E-state index contributed by atoms with van der Waals surface area (Å²) in [6.45, 7) is 3.70. The minimum atomic E-state index is -0.340. The highest BCUT2D eigenvalue weighted by Gasteiger charge is 2.10. The number of aromatic amines is 1. The smallest absolute Gasteiger partial charge is 0.297 e. The molecule has 0 aliphatic heterocycles. The number of hydrogen-bond acceptors (Lipinski definition) is 4. The molecule has 5 heteroatoms. The maximum Gasteiger partial charge on any atom is 0.297 e. The van der Waals surface area contributed by atoms with Crippen molar-refractivity contribution in [1.82, 2.24) is 9.97 Å². The van der Waals surface area contributed by atoms with Crippen molar-refractivity contribution in [3.05, 3.63) is 16.7 Å².